The van der Waals surface area contributed by atoms with Gasteiger partial charge in [-0.1, -0.05) is 0 Å². The minimum atomic E-state index is -4.71. The van der Waals surface area contributed by atoms with E-state index in [0.717, 1.165) is 0 Å². The van der Waals surface area contributed by atoms with Crippen molar-refractivity contribution in [2.75, 3.05) is 13.2 Å². The van der Waals surface area contributed by atoms with E-state index in [1.165, 1.54) is 0 Å². The lowest BCUT2D eigenvalue weighted by Crippen LogP contribution is -2.31. The molecule has 0 saturated carbocycles. The van der Waals surface area contributed by atoms with Crippen molar-refractivity contribution in [3.63, 3.8) is 0 Å². The van der Waals surface area contributed by atoms with Crippen molar-refractivity contribution in [1.82, 2.24) is 0 Å². The lowest BCUT2D eigenvalue weighted by Gasteiger charge is -2.17. The molecule has 1 atom stereocenters. The molecule has 1 saturated heterocycles. The van der Waals surface area contributed by atoms with E-state index >= 15 is 0 Å². The number of ether oxygens (including phenoxy) is 1. The van der Waals surface area contributed by atoms with Crippen molar-refractivity contribution in [3.8, 4) is 0 Å². The molecular weight excluding hydrogens is 181 g/mol. The Hall–Kier alpha value is -0.0300. The summed E-state index contributed by atoms with van der Waals surface area (Å²) in [6.45, 7) is -1.47. The Morgan fingerprint density at radius 2 is 2.09 bits per heavy atom. The summed E-state index contributed by atoms with van der Waals surface area (Å²) in [4.78, 5) is 16.8. The van der Waals surface area contributed by atoms with E-state index in [1.54, 1.807) is 0 Å². The van der Waals surface area contributed by atoms with E-state index in [9.17, 15) is 13.3 Å². The molecule has 1 rings (SSSR count). The van der Waals surface area contributed by atoms with Crippen molar-refractivity contribution in [2.24, 2.45) is 0 Å². The Morgan fingerprint density at radius 3 is 2.27 bits per heavy atom. The molecule has 0 aromatic carbocycles. The summed E-state index contributed by atoms with van der Waals surface area (Å²) in [6, 6.07) is 0. The van der Waals surface area contributed by atoms with Crippen LogP contribution in [0.2, 0.25) is 0 Å². The van der Waals surface area contributed by atoms with Crippen LogP contribution in [-0.4, -0.2) is 34.6 Å². The smallest absolute Gasteiger partial charge is 0.337 e. The summed E-state index contributed by atoms with van der Waals surface area (Å²) in [7, 11) is -4.71. The van der Waals surface area contributed by atoms with Gasteiger partial charge >= 0.3 is 7.60 Å². The summed E-state index contributed by atoms with van der Waals surface area (Å²) in [5.41, 5.74) is -1.96. The van der Waals surface area contributed by atoms with Crippen LogP contribution in [-0.2, 0) is 9.30 Å². The van der Waals surface area contributed by atoms with Crippen LogP contribution < -0.4 is 0 Å². The highest BCUT2D eigenvalue weighted by Crippen LogP contribution is 2.50. The third-order valence-electron chi connectivity index (χ3n) is 1.46. The van der Waals surface area contributed by atoms with Gasteiger partial charge in [-0.2, -0.15) is 0 Å². The lowest BCUT2D eigenvalue weighted by molar-refractivity contribution is -0.00863. The Kier molecular flexibility index (Phi) is 2.05. The zero-order valence-corrected chi connectivity index (χ0v) is 6.30. The van der Waals surface area contributed by atoms with Gasteiger partial charge in [0.2, 0.25) is 0 Å². The molecule has 1 aliphatic heterocycles. The monoisotopic (exact) mass is 188 g/mol. The van der Waals surface area contributed by atoms with Crippen LogP contribution in [0.3, 0.4) is 0 Å². The molecule has 0 spiro atoms. The van der Waals surface area contributed by atoms with Gasteiger partial charge in [-0.3, -0.25) is 4.57 Å². The van der Waals surface area contributed by atoms with E-state index in [1.807, 2.05) is 0 Å². The van der Waals surface area contributed by atoms with Crippen molar-refractivity contribution < 1.29 is 27.9 Å². The molecule has 0 aromatic rings. The molecule has 0 aromatic heterocycles. The first-order valence-electron chi connectivity index (χ1n) is 2.85. The number of hydrogen-bond acceptors (Lipinski definition) is 2. The molecule has 1 unspecified atom stereocenters. The standard InChI is InChI=1S/C4H7F2O4P/c5-4(6)2-10-1-3(4)11(7,8)9/h3H,1-2H2,(H2,7,8,9). The summed E-state index contributed by atoms with van der Waals surface area (Å²) < 4.78 is 39.6. The van der Waals surface area contributed by atoms with Crippen molar-refractivity contribution in [2.45, 2.75) is 11.6 Å². The predicted octanol–water partition coefficient (Wildman–Crippen LogP) is 0.198. The van der Waals surface area contributed by atoms with E-state index < -0.39 is 32.4 Å². The maximum Gasteiger partial charge on any atom is 0.337 e. The second-order valence-electron chi connectivity index (χ2n) is 2.38. The highest BCUT2D eigenvalue weighted by molar-refractivity contribution is 7.52. The maximum atomic E-state index is 12.5. The topological polar surface area (TPSA) is 66.8 Å². The average Bonchev–Trinajstić information content (AvgIpc) is 2.06. The summed E-state index contributed by atoms with van der Waals surface area (Å²) >= 11 is 0. The van der Waals surface area contributed by atoms with E-state index in [2.05, 4.69) is 4.74 Å². The molecule has 0 amide bonds. The minimum Gasteiger partial charge on any atom is -0.374 e. The van der Waals surface area contributed by atoms with Gasteiger partial charge in [-0.15, -0.1) is 0 Å². The van der Waals surface area contributed by atoms with Crippen molar-refractivity contribution >= 4 is 7.60 Å². The van der Waals surface area contributed by atoms with Gasteiger partial charge < -0.3 is 14.5 Å². The fourth-order valence-corrected chi connectivity index (χ4v) is 1.73. The second-order valence-corrected chi connectivity index (χ2v) is 4.18. The van der Waals surface area contributed by atoms with Crippen LogP contribution in [0.4, 0.5) is 8.78 Å². The second kappa shape index (κ2) is 2.48. The van der Waals surface area contributed by atoms with Crippen LogP contribution in [0.5, 0.6) is 0 Å². The van der Waals surface area contributed by atoms with Gasteiger partial charge in [0.25, 0.3) is 5.92 Å². The van der Waals surface area contributed by atoms with Gasteiger partial charge in [-0.25, -0.2) is 8.78 Å². The number of rotatable bonds is 1. The zero-order chi connectivity index (χ0) is 8.70. The van der Waals surface area contributed by atoms with Gasteiger partial charge in [0.1, 0.15) is 12.3 Å². The Balaban J connectivity index is 2.81. The molecule has 1 heterocycles. The first-order chi connectivity index (χ1) is 4.84. The summed E-state index contributed by atoms with van der Waals surface area (Å²) in [5.74, 6) is -3.39. The minimum absolute atomic E-state index is 0.572. The van der Waals surface area contributed by atoms with Crippen molar-refractivity contribution in [1.29, 1.82) is 0 Å². The Morgan fingerprint density at radius 1 is 1.55 bits per heavy atom. The maximum absolute atomic E-state index is 12.5. The molecule has 66 valence electrons. The SMILES string of the molecule is O=P(O)(O)C1COCC1(F)F. The molecule has 0 bridgehead atoms. The molecular formula is C4H7F2O4P. The predicted molar refractivity (Wildman–Crippen MR) is 31.6 cm³/mol. The van der Waals surface area contributed by atoms with Crippen LogP contribution in [0.25, 0.3) is 0 Å². The number of alkyl halides is 2. The fourth-order valence-electron chi connectivity index (χ4n) is 0.868. The lowest BCUT2D eigenvalue weighted by atomic mass is 10.3. The normalized spacial score (nSPS) is 30.7. The highest BCUT2D eigenvalue weighted by Gasteiger charge is 2.54. The molecule has 7 heteroatoms. The average molecular weight is 188 g/mol. The first kappa shape index (κ1) is 9.06. The first-order valence-corrected chi connectivity index (χ1v) is 4.53. The fraction of sp³-hybridized carbons (Fsp3) is 1.00. The van der Waals surface area contributed by atoms with Gasteiger partial charge in [0.05, 0.1) is 6.61 Å². The molecule has 1 fully saturated rings. The van der Waals surface area contributed by atoms with Crippen molar-refractivity contribution in [3.05, 3.63) is 0 Å². The Labute approximate surface area is 61.3 Å². The molecule has 4 nitrogen and oxygen atoms in total. The molecule has 11 heavy (non-hydrogen) atoms. The van der Waals surface area contributed by atoms with Crippen LogP contribution in [0, 0.1) is 0 Å². The third kappa shape index (κ3) is 1.76. The number of halogens is 2. The highest BCUT2D eigenvalue weighted by atomic mass is 31.2. The molecule has 0 radical (unpaired) electrons. The van der Waals surface area contributed by atoms with Crippen LogP contribution >= 0.6 is 7.60 Å². The summed E-state index contributed by atoms with van der Waals surface area (Å²) in [6.07, 6.45) is 0. The third-order valence-corrected chi connectivity index (χ3v) is 2.80. The van der Waals surface area contributed by atoms with Gasteiger partial charge in [0.15, 0.2) is 0 Å². The quantitative estimate of drug-likeness (QED) is 0.576. The van der Waals surface area contributed by atoms with Gasteiger partial charge in [0, 0.05) is 0 Å². The van der Waals surface area contributed by atoms with Crippen LogP contribution in [0.15, 0.2) is 0 Å². The molecule has 1 aliphatic rings. The molecule has 2 N–H and O–H groups in total. The van der Waals surface area contributed by atoms with E-state index in [-0.39, 0.29) is 0 Å². The molecule has 0 aliphatic carbocycles. The van der Waals surface area contributed by atoms with Gasteiger partial charge in [-0.05, 0) is 0 Å². The largest absolute Gasteiger partial charge is 0.374 e. The number of hydrogen-bond donors (Lipinski definition) is 2. The Bertz CT molecular complexity index is 200. The van der Waals surface area contributed by atoms with E-state index in [0.29, 0.717) is 0 Å². The van der Waals surface area contributed by atoms with Crippen LogP contribution in [0.1, 0.15) is 0 Å². The zero-order valence-electron chi connectivity index (χ0n) is 5.41. The summed E-state index contributed by atoms with van der Waals surface area (Å²) in [5, 5.41) is 0. The van der Waals surface area contributed by atoms with E-state index in [4.69, 9.17) is 9.79 Å².